The Balaban J connectivity index is 0.00000243. The van der Waals surface area contributed by atoms with Crippen LogP contribution in [0.25, 0.3) is 11.3 Å². The van der Waals surface area contributed by atoms with Crippen LogP contribution >= 0.6 is 47.2 Å². The second-order valence-corrected chi connectivity index (χ2v) is 7.14. The van der Waals surface area contributed by atoms with Crippen molar-refractivity contribution in [2.24, 2.45) is 0 Å². The van der Waals surface area contributed by atoms with Gasteiger partial charge in [0.15, 0.2) is 0 Å². The molecule has 0 amide bonds. The van der Waals surface area contributed by atoms with Crippen LogP contribution in [-0.2, 0) is 13.0 Å². The average molecular weight is 431 g/mol. The molecular formula is C20H19Cl4NO. The van der Waals surface area contributed by atoms with Crippen molar-refractivity contribution in [3.8, 4) is 11.3 Å². The van der Waals surface area contributed by atoms with Crippen molar-refractivity contribution in [1.29, 1.82) is 0 Å². The number of benzene rings is 2. The first-order valence-electron chi connectivity index (χ1n) is 8.03. The molecule has 0 aliphatic carbocycles. The van der Waals surface area contributed by atoms with Gasteiger partial charge in [0.05, 0.1) is 6.54 Å². The van der Waals surface area contributed by atoms with E-state index in [9.17, 15) is 0 Å². The standard InChI is InChI=1S/C20H18Cl3NO.ClH/c1-13-2-3-15(10-18(13)22)20-7-6-17(25-20)12-24-9-8-14-4-5-16(21)11-19(14)23;/h2-7,10-11,24H,8-9,12H2,1H3;1H. The maximum absolute atomic E-state index is 6.18. The van der Waals surface area contributed by atoms with Crippen molar-refractivity contribution in [3.63, 3.8) is 0 Å². The molecule has 26 heavy (non-hydrogen) atoms. The molecule has 2 nitrogen and oxygen atoms in total. The minimum atomic E-state index is 0. The molecule has 0 radical (unpaired) electrons. The van der Waals surface area contributed by atoms with Crippen LogP contribution in [0.2, 0.25) is 15.1 Å². The topological polar surface area (TPSA) is 25.2 Å². The molecule has 0 atom stereocenters. The second-order valence-electron chi connectivity index (χ2n) is 5.89. The minimum Gasteiger partial charge on any atom is -0.460 e. The Morgan fingerprint density at radius 1 is 0.923 bits per heavy atom. The Hall–Kier alpha value is -1.16. The summed E-state index contributed by atoms with van der Waals surface area (Å²) in [5.74, 6) is 1.70. The van der Waals surface area contributed by atoms with Crippen molar-refractivity contribution in [2.45, 2.75) is 19.9 Å². The molecule has 3 aromatic rings. The van der Waals surface area contributed by atoms with Gasteiger partial charge in [0.25, 0.3) is 0 Å². The van der Waals surface area contributed by atoms with Gasteiger partial charge in [-0.25, -0.2) is 0 Å². The first-order valence-corrected chi connectivity index (χ1v) is 9.16. The van der Waals surface area contributed by atoms with Gasteiger partial charge in [0.1, 0.15) is 11.5 Å². The summed E-state index contributed by atoms with van der Waals surface area (Å²) in [6, 6.07) is 15.5. The van der Waals surface area contributed by atoms with E-state index in [2.05, 4.69) is 5.32 Å². The van der Waals surface area contributed by atoms with E-state index in [0.29, 0.717) is 16.6 Å². The molecule has 0 aliphatic rings. The molecule has 6 heteroatoms. The maximum Gasteiger partial charge on any atom is 0.134 e. The normalized spacial score (nSPS) is 10.6. The molecule has 0 aliphatic heterocycles. The van der Waals surface area contributed by atoms with E-state index < -0.39 is 0 Å². The van der Waals surface area contributed by atoms with Crippen molar-refractivity contribution < 1.29 is 4.42 Å². The lowest BCUT2D eigenvalue weighted by Crippen LogP contribution is -2.16. The van der Waals surface area contributed by atoms with Gasteiger partial charge in [-0.2, -0.15) is 0 Å². The Morgan fingerprint density at radius 2 is 1.73 bits per heavy atom. The third kappa shape index (κ3) is 5.42. The molecule has 0 saturated heterocycles. The lowest BCUT2D eigenvalue weighted by atomic mass is 10.1. The Morgan fingerprint density at radius 3 is 2.46 bits per heavy atom. The fourth-order valence-corrected chi connectivity index (χ4v) is 3.22. The Labute approximate surface area is 174 Å². The van der Waals surface area contributed by atoms with Crippen LogP contribution in [0.1, 0.15) is 16.9 Å². The van der Waals surface area contributed by atoms with E-state index in [-0.39, 0.29) is 12.4 Å². The SMILES string of the molecule is Cc1ccc(-c2ccc(CNCCc3ccc(Cl)cc3Cl)o2)cc1Cl.Cl. The smallest absolute Gasteiger partial charge is 0.134 e. The summed E-state index contributed by atoms with van der Waals surface area (Å²) in [6.45, 7) is 3.44. The van der Waals surface area contributed by atoms with Gasteiger partial charge in [-0.1, -0.05) is 53.0 Å². The van der Waals surface area contributed by atoms with E-state index in [0.717, 1.165) is 46.2 Å². The van der Waals surface area contributed by atoms with E-state index in [1.54, 1.807) is 6.07 Å². The molecule has 138 valence electrons. The van der Waals surface area contributed by atoms with Crippen LogP contribution < -0.4 is 5.32 Å². The molecule has 0 fully saturated rings. The average Bonchev–Trinajstić information content (AvgIpc) is 3.04. The summed E-state index contributed by atoms with van der Waals surface area (Å²) >= 11 is 18.3. The highest BCUT2D eigenvalue weighted by Crippen LogP contribution is 2.27. The lowest BCUT2D eigenvalue weighted by molar-refractivity contribution is 0.495. The van der Waals surface area contributed by atoms with Gasteiger partial charge in [-0.15, -0.1) is 12.4 Å². The molecule has 0 saturated carbocycles. The summed E-state index contributed by atoms with van der Waals surface area (Å²) in [4.78, 5) is 0. The fraction of sp³-hybridized carbons (Fsp3) is 0.200. The van der Waals surface area contributed by atoms with E-state index in [4.69, 9.17) is 39.2 Å². The van der Waals surface area contributed by atoms with Crippen molar-refractivity contribution in [1.82, 2.24) is 5.32 Å². The molecule has 3 rings (SSSR count). The van der Waals surface area contributed by atoms with E-state index >= 15 is 0 Å². The number of halogens is 4. The third-order valence-corrected chi connectivity index (χ3v) is 5.00. The van der Waals surface area contributed by atoms with Gasteiger partial charge >= 0.3 is 0 Å². The summed E-state index contributed by atoms with van der Waals surface area (Å²) in [7, 11) is 0. The summed E-state index contributed by atoms with van der Waals surface area (Å²) in [6.07, 6.45) is 0.830. The van der Waals surface area contributed by atoms with Crippen molar-refractivity contribution in [2.75, 3.05) is 6.54 Å². The van der Waals surface area contributed by atoms with Crippen LogP contribution in [0.3, 0.4) is 0 Å². The first kappa shape index (κ1) is 21.1. The Bertz CT molecular complexity index is 876. The van der Waals surface area contributed by atoms with Crippen LogP contribution in [-0.4, -0.2) is 6.54 Å². The second kappa shape index (κ2) is 9.68. The zero-order valence-corrected chi connectivity index (χ0v) is 17.3. The molecule has 0 unspecified atom stereocenters. The summed E-state index contributed by atoms with van der Waals surface area (Å²) < 4.78 is 5.89. The summed E-state index contributed by atoms with van der Waals surface area (Å²) in [5.41, 5.74) is 3.11. The molecule has 2 aromatic carbocycles. The zero-order valence-electron chi connectivity index (χ0n) is 14.2. The molecule has 0 bridgehead atoms. The number of aryl methyl sites for hydroxylation is 1. The fourth-order valence-electron chi connectivity index (χ4n) is 2.53. The quantitative estimate of drug-likeness (QED) is 0.427. The van der Waals surface area contributed by atoms with Crippen LogP contribution in [0.15, 0.2) is 52.9 Å². The predicted octanol–water partition coefficient (Wildman–Crippen LogP) is 6.97. The predicted molar refractivity (Wildman–Crippen MR) is 113 cm³/mol. The van der Waals surface area contributed by atoms with Gasteiger partial charge < -0.3 is 9.73 Å². The van der Waals surface area contributed by atoms with Gasteiger partial charge in [-0.05, 0) is 61.3 Å². The lowest BCUT2D eigenvalue weighted by Gasteiger charge is -2.06. The van der Waals surface area contributed by atoms with E-state index in [1.807, 2.05) is 49.4 Å². The molecule has 1 N–H and O–H groups in total. The largest absolute Gasteiger partial charge is 0.460 e. The number of furan rings is 1. The number of hydrogen-bond donors (Lipinski definition) is 1. The minimum absolute atomic E-state index is 0. The van der Waals surface area contributed by atoms with Gasteiger partial charge in [0.2, 0.25) is 0 Å². The van der Waals surface area contributed by atoms with Gasteiger partial charge in [-0.3, -0.25) is 0 Å². The highest BCUT2D eigenvalue weighted by atomic mass is 35.5. The number of rotatable bonds is 6. The van der Waals surface area contributed by atoms with Crippen LogP contribution in [0, 0.1) is 6.92 Å². The van der Waals surface area contributed by atoms with Crippen molar-refractivity contribution in [3.05, 3.63) is 80.5 Å². The molecule has 1 aromatic heterocycles. The molecule has 1 heterocycles. The maximum atomic E-state index is 6.18. The van der Waals surface area contributed by atoms with Crippen LogP contribution in [0.4, 0.5) is 0 Å². The van der Waals surface area contributed by atoms with E-state index in [1.165, 1.54) is 0 Å². The summed E-state index contributed by atoms with van der Waals surface area (Å²) in [5, 5.41) is 5.46. The first-order chi connectivity index (χ1) is 12.0. The molecule has 0 spiro atoms. The monoisotopic (exact) mass is 429 g/mol. The zero-order chi connectivity index (χ0) is 17.8. The Kier molecular flexibility index (Phi) is 7.87. The molecular weight excluding hydrogens is 412 g/mol. The third-order valence-electron chi connectivity index (χ3n) is 4.00. The highest BCUT2D eigenvalue weighted by molar-refractivity contribution is 6.35. The highest BCUT2D eigenvalue weighted by Gasteiger charge is 2.07. The number of hydrogen-bond acceptors (Lipinski definition) is 2. The van der Waals surface area contributed by atoms with Gasteiger partial charge in [0, 0.05) is 20.6 Å². The van der Waals surface area contributed by atoms with Crippen LogP contribution in [0.5, 0.6) is 0 Å². The number of nitrogens with one attached hydrogen (secondary N) is 1. The van der Waals surface area contributed by atoms with Crippen molar-refractivity contribution >= 4 is 47.2 Å².